The Labute approximate surface area is 108 Å². The molecule has 0 fully saturated rings. The van der Waals surface area contributed by atoms with E-state index in [0.717, 1.165) is 18.2 Å². The Morgan fingerprint density at radius 3 is 2.89 bits per heavy atom. The van der Waals surface area contributed by atoms with Gasteiger partial charge in [-0.05, 0) is 18.2 Å². The average molecular weight is 280 g/mol. The smallest absolute Gasteiger partial charge is 0.240 e. The molecule has 1 aromatic carbocycles. The number of rotatable bonds is 4. The first-order chi connectivity index (χ1) is 9.03. The van der Waals surface area contributed by atoms with Crippen LogP contribution >= 0.6 is 0 Å². The van der Waals surface area contributed by atoms with Gasteiger partial charge >= 0.3 is 0 Å². The van der Waals surface area contributed by atoms with Crippen LogP contribution in [0.4, 0.5) is 4.39 Å². The fraction of sp³-hybridized carbons (Fsp3) is 0.0909. The highest BCUT2D eigenvalue weighted by Gasteiger charge is 2.16. The van der Waals surface area contributed by atoms with E-state index in [9.17, 15) is 12.8 Å². The van der Waals surface area contributed by atoms with Gasteiger partial charge in [-0.1, -0.05) is 0 Å². The van der Waals surface area contributed by atoms with Gasteiger partial charge in [0.1, 0.15) is 11.9 Å². The van der Waals surface area contributed by atoms with E-state index in [4.69, 9.17) is 5.26 Å². The van der Waals surface area contributed by atoms with Gasteiger partial charge < -0.3 is 0 Å². The third-order valence-corrected chi connectivity index (χ3v) is 3.79. The molecule has 2 N–H and O–H groups in total. The second kappa shape index (κ2) is 5.17. The van der Waals surface area contributed by atoms with Crippen LogP contribution in [0.3, 0.4) is 0 Å². The second-order valence-corrected chi connectivity index (χ2v) is 5.45. The Hall–Kier alpha value is -2.24. The van der Waals surface area contributed by atoms with Gasteiger partial charge in [0.25, 0.3) is 0 Å². The predicted molar refractivity (Wildman–Crippen MR) is 63.7 cm³/mol. The van der Waals surface area contributed by atoms with Gasteiger partial charge in [-0.25, -0.2) is 17.5 Å². The summed E-state index contributed by atoms with van der Waals surface area (Å²) < 4.78 is 39.3. The second-order valence-electron chi connectivity index (χ2n) is 3.68. The summed E-state index contributed by atoms with van der Waals surface area (Å²) in [5.41, 5.74) is 0.345. The quantitative estimate of drug-likeness (QED) is 0.869. The molecule has 8 heteroatoms. The van der Waals surface area contributed by atoms with Crippen molar-refractivity contribution in [3.8, 4) is 6.07 Å². The molecule has 0 saturated carbocycles. The van der Waals surface area contributed by atoms with Crippen LogP contribution in [0.2, 0.25) is 0 Å². The van der Waals surface area contributed by atoms with Crippen LogP contribution in [0.5, 0.6) is 0 Å². The lowest BCUT2D eigenvalue weighted by Gasteiger charge is -2.06. The molecule has 0 amide bonds. The standard InChI is InChI=1S/C11H9FN4O2S/c12-11-2-1-10(3-9(11)4-13)19(17,18)16-7-8-5-14-15-6-8/h1-3,5-6,16H,7H2,(H,14,15). The van der Waals surface area contributed by atoms with Gasteiger partial charge in [-0.3, -0.25) is 5.10 Å². The fourth-order valence-corrected chi connectivity index (χ4v) is 2.44. The number of H-pyrrole nitrogens is 1. The zero-order valence-corrected chi connectivity index (χ0v) is 10.4. The minimum absolute atomic E-state index is 0.0537. The summed E-state index contributed by atoms with van der Waals surface area (Å²) in [6.07, 6.45) is 3.03. The van der Waals surface area contributed by atoms with Crippen molar-refractivity contribution in [2.24, 2.45) is 0 Å². The highest BCUT2D eigenvalue weighted by Crippen LogP contribution is 2.14. The molecule has 1 aromatic heterocycles. The van der Waals surface area contributed by atoms with E-state index in [1.165, 1.54) is 6.20 Å². The average Bonchev–Trinajstić information content (AvgIpc) is 2.90. The van der Waals surface area contributed by atoms with Crippen molar-refractivity contribution >= 4 is 10.0 Å². The van der Waals surface area contributed by atoms with Crippen LogP contribution < -0.4 is 4.72 Å². The van der Waals surface area contributed by atoms with E-state index in [0.29, 0.717) is 5.56 Å². The van der Waals surface area contributed by atoms with E-state index >= 15 is 0 Å². The topological polar surface area (TPSA) is 98.6 Å². The van der Waals surface area contributed by atoms with Crippen LogP contribution in [0.15, 0.2) is 35.5 Å². The van der Waals surface area contributed by atoms with Crippen LogP contribution in [0.25, 0.3) is 0 Å². The van der Waals surface area contributed by atoms with Crippen molar-refractivity contribution in [1.29, 1.82) is 5.26 Å². The first-order valence-corrected chi connectivity index (χ1v) is 6.68. The maximum atomic E-state index is 13.1. The number of hydrogen-bond acceptors (Lipinski definition) is 4. The van der Waals surface area contributed by atoms with Crippen molar-refractivity contribution in [3.63, 3.8) is 0 Å². The molecule has 0 radical (unpaired) electrons. The molecular formula is C11H9FN4O2S. The van der Waals surface area contributed by atoms with Crippen LogP contribution in [-0.4, -0.2) is 18.6 Å². The Kier molecular flexibility index (Phi) is 3.59. The molecule has 98 valence electrons. The Bertz CT molecular complexity index is 720. The Balaban J connectivity index is 2.22. The van der Waals surface area contributed by atoms with Crippen LogP contribution in [-0.2, 0) is 16.6 Å². The summed E-state index contributed by atoms with van der Waals surface area (Å²) >= 11 is 0. The molecule has 19 heavy (non-hydrogen) atoms. The Morgan fingerprint density at radius 2 is 2.26 bits per heavy atom. The number of halogens is 1. The van der Waals surface area contributed by atoms with E-state index in [2.05, 4.69) is 14.9 Å². The number of nitrogens with zero attached hydrogens (tertiary/aromatic N) is 2. The monoisotopic (exact) mass is 280 g/mol. The molecule has 6 nitrogen and oxygen atoms in total. The lowest BCUT2D eigenvalue weighted by Crippen LogP contribution is -2.23. The van der Waals surface area contributed by atoms with Gasteiger partial charge in [0, 0.05) is 18.3 Å². The molecule has 0 spiro atoms. The highest BCUT2D eigenvalue weighted by atomic mass is 32.2. The number of aromatic amines is 1. The number of nitriles is 1. The minimum Gasteiger partial charge on any atom is -0.285 e. The molecule has 0 saturated heterocycles. The molecule has 0 aliphatic rings. The number of sulfonamides is 1. The predicted octanol–water partition coefficient (Wildman–Crippen LogP) is 0.899. The zero-order chi connectivity index (χ0) is 13.9. The van der Waals surface area contributed by atoms with Crippen molar-refractivity contribution < 1.29 is 12.8 Å². The lowest BCUT2D eigenvalue weighted by molar-refractivity contribution is 0.580. The van der Waals surface area contributed by atoms with Crippen molar-refractivity contribution in [3.05, 3.63) is 47.5 Å². The zero-order valence-electron chi connectivity index (χ0n) is 9.59. The molecule has 0 aliphatic carbocycles. The van der Waals surface area contributed by atoms with E-state index in [-0.39, 0.29) is 17.0 Å². The minimum atomic E-state index is -3.80. The SMILES string of the molecule is N#Cc1cc(S(=O)(=O)NCc2cn[nH]c2)ccc1F. The van der Waals surface area contributed by atoms with Gasteiger partial charge in [0.05, 0.1) is 16.7 Å². The molecule has 1 heterocycles. The van der Waals surface area contributed by atoms with Gasteiger partial charge in [-0.2, -0.15) is 10.4 Å². The maximum absolute atomic E-state index is 13.1. The first-order valence-electron chi connectivity index (χ1n) is 5.20. The molecular weight excluding hydrogens is 271 g/mol. The van der Waals surface area contributed by atoms with Gasteiger partial charge in [0.15, 0.2) is 0 Å². The molecule has 2 rings (SSSR count). The summed E-state index contributed by atoms with van der Waals surface area (Å²) in [6, 6.07) is 4.64. The van der Waals surface area contributed by atoms with E-state index in [1.54, 1.807) is 12.3 Å². The number of hydrogen-bond donors (Lipinski definition) is 2. The fourth-order valence-electron chi connectivity index (χ4n) is 1.39. The van der Waals surface area contributed by atoms with Crippen LogP contribution in [0.1, 0.15) is 11.1 Å². The first kappa shape index (κ1) is 13.2. The molecule has 0 atom stereocenters. The molecule has 0 aliphatic heterocycles. The maximum Gasteiger partial charge on any atom is 0.240 e. The highest BCUT2D eigenvalue weighted by molar-refractivity contribution is 7.89. The summed E-state index contributed by atoms with van der Waals surface area (Å²) in [6.45, 7) is 0.0537. The van der Waals surface area contributed by atoms with Crippen molar-refractivity contribution in [1.82, 2.24) is 14.9 Å². The van der Waals surface area contributed by atoms with Crippen molar-refractivity contribution in [2.45, 2.75) is 11.4 Å². The van der Waals surface area contributed by atoms with Crippen molar-refractivity contribution in [2.75, 3.05) is 0 Å². The van der Waals surface area contributed by atoms with E-state index in [1.807, 2.05) is 0 Å². The third kappa shape index (κ3) is 2.96. The van der Waals surface area contributed by atoms with E-state index < -0.39 is 15.8 Å². The lowest BCUT2D eigenvalue weighted by atomic mass is 10.2. The van der Waals surface area contributed by atoms with Crippen LogP contribution in [0, 0.1) is 17.1 Å². The summed E-state index contributed by atoms with van der Waals surface area (Å²) in [5, 5.41) is 14.9. The third-order valence-electron chi connectivity index (χ3n) is 2.39. The number of benzene rings is 1. The molecule has 0 unspecified atom stereocenters. The summed E-state index contributed by atoms with van der Waals surface area (Å²) in [5.74, 6) is -0.753. The number of nitrogens with one attached hydrogen (secondary N) is 2. The normalized spacial score (nSPS) is 11.2. The summed E-state index contributed by atoms with van der Waals surface area (Å²) in [4.78, 5) is -0.158. The largest absolute Gasteiger partial charge is 0.285 e. The Morgan fingerprint density at radius 1 is 1.47 bits per heavy atom. The van der Waals surface area contributed by atoms with Gasteiger partial charge in [-0.15, -0.1) is 0 Å². The molecule has 0 bridgehead atoms. The van der Waals surface area contributed by atoms with Gasteiger partial charge in [0.2, 0.25) is 10.0 Å². The molecule has 2 aromatic rings. The number of aromatic nitrogens is 2. The summed E-state index contributed by atoms with van der Waals surface area (Å²) in [7, 11) is -3.80.